The first-order chi connectivity index (χ1) is 13.1. The van der Waals surface area contributed by atoms with Gasteiger partial charge in [-0.2, -0.15) is 4.73 Å². The molecule has 1 amide bonds. The number of anilines is 1. The lowest BCUT2D eigenvalue weighted by Crippen LogP contribution is -2.32. The average molecular weight is 364 g/mol. The van der Waals surface area contributed by atoms with Crippen molar-refractivity contribution in [3.63, 3.8) is 0 Å². The van der Waals surface area contributed by atoms with Gasteiger partial charge in [-0.05, 0) is 54.4 Å². The second kappa shape index (κ2) is 8.23. The molecule has 0 spiro atoms. The Morgan fingerprint density at radius 3 is 2.67 bits per heavy atom. The molecule has 27 heavy (non-hydrogen) atoms. The molecule has 0 saturated carbocycles. The van der Waals surface area contributed by atoms with Crippen molar-refractivity contribution in [3.05, 3.63) is 93.9 Å². The van der Waals surface area contributed by atoms with Crippen molar-refractivity contribution in [2.24, 2.45) is 0 Å². The number of methoxy groups -OCH3 is 1. The van der Waals surface area contributed by atoms with E-state index in [1.54, 1.807) is 19.2 Å². The predicted octanol–water partition coefficient (Wildman–Crippen LogP) is 3.05. The first-order valence-electron chi connectivity index (χ1n) is 8.43. The second-order valence-electron chi connectivity index (χ2n) is 6.00. The number of pyridine rings is 1. The van der Waals surface area contributed by atoms with Crippen molar-refractivity contribution in [2.75, 3.05) is 12.4 Å². The molecule has 1 aromatic heterocycles. The molecule has 0 aliphatic heterocycles. The molecule has 0 atom stereocenters. The third-order valence-corrected chi connectivity index (χ3v) is 3.94. The van der Waals surface area contributed by atoms with Crippen LogP contribution in [0.15, 0.2) is 71.7 Å². The van der Waals surface area contributed by atoms with Crippen LogP contribution in [0.2, 0.25) is 0 Å². The minimum atomic E-state index is -0.523. The number of nitrogens with zero attached hydrogens (tertiary/aromatic N) is 1. The first kappa shape index (κ1) is 18.3. The van der Waals surface area contributed by atoms with Crippen LogP contribution in [0.4, 0.5) is 5.69 Å². The Balaban J connectivity index is 1.75. The summed E-state index contributed by atoms with van der Waals surface area (Å²) in [6.07, 6.45) is 1.48. The number of carbonyl (C=O) groups is 1. The van der Waals surface area contributed by atoms with E-state index in [1.165, 1.54) is 12.3 Å². The molecule has 1 heterocycles. The van der Waals surface area contributed by atoms with E-state index in [4.69, 9.17) is 9.57 Å². The Kier molecular flexibility index (Phi) is 5.56. The summed E-state index contributed by atoms with van der Waals surface area (Å²) in [5, 5.41) is 2.73. The number of ether oxygens (including phenoxy) is 1. The maximum absolute atomic E-state index is 12.6. The first-order valence-corrected chi connectivity index (χ1v) is 8.43. The molecule has 0 saturated heterocycles. The number of aryl methyl sites for hydroxylation is 1. The lowest BCUT2D eigenvalue weighted by Gasteiger charge is -2.11. The van der Waals surface area contributed by atoms with Crippen LogP contribution >= 0.6 is 0 Å². The molecule has 3 rings (SSSR count). The highest BCUT2D eigenvalue weighted by atomic mass is 16.7. The molecule has 1 N–H and O–H groups in total. The molecular weight excluding hydrogens is 344 g/mol. The summed E-state index contributed by atoms with van der Waals surface area (Å²) in [5.74, 6) is 0.222. The number of hydrogen-bond donors (Lipinski definition) is 1. The van der Waals surface area contributed by atoms with Gasteiger partial charge in [0.2, 0.25) is 0 Å². The predicted molar refractivity (Wildman–Crippen MR) is 103 cm³/mol. The van der Waals surface area contributed by atoms with Gasteiger partial charge in [-0.3, -0.25) is 9.59 Å². The van der Waals surface area contributed by atoms with Crippen molar-refractivity contribution in [2.45, 2.75) is 13.5 Å². The molecule has 0 aliphatic carbocycles. The lowest BCUT2D eigenvalue weighted by molar-refractivity contribution is 0.0862. The van der Waals surface area contributed by atoms with Crippen LogP contribution in [0.1, 0.15) is 21.5 Å². The van der Waals surface area contributed by atoms with Crippen LogP contribution < -0.4 is 20.5 Å². The second-order valence-corrected chi connectivity index (χ2v) is 6.00. The van der Waals surface area contributed by atoms with Gasteiger partial charge in [0.25, 0.3) is 11.5 Å². The Labute approximate surface area is 156 Å². The van der Waals surface area contributed by atoms with Gasteiger partial charge in [-0.1, -0.05) is 24.3 Å². The summed E-state index contributed by atoms with van der Waals surface area (Å²) in [5.41, 5.74) is 1.97. The molecule has 3 aromatic rings. The number of rotatable bonds is 6. The Morgan fingerprint density at radius 1 is 1.07 bits per heavy atom. The van der Waals surface area contributed by atoms with E-state index in [-0.39, 0.29) is 12.2 Å². The van der Waals surface area contributed by atoms with Gasteiger partial charge < -0.3 is 14.9 Å². The number of nitrogens with one attached hydrogen (secondary N) is 1. The van der Waals surface area contributed by atoms with Gasteiger partial charge in [0, 0.05) is 11.9 Å². The van der Waals surface area contributed by atoms with Gasteiger partial charge in [-0.15, -0.1) is 0 Å². The molecule has 6 heteroatoms. The number of hydrogen-bond acceptors (Lipinski definition) is 4. The molecule has 2 aromatic carbocycles. The smallest absolute Gasteiger partial charge is 0.295 e. The summed E-state index contributed by atoms with van der Waals surface area (Å²) in [4.78, 5) is 30.6. The number of aromatic nitrogens is 1. The van der Waals surface area contributed by atoms with Crippen LogP contribution in [-0.2, 0) is 6.61 Å². The quantitative estimate of drug-likeness (QED) is 0.730. The molecular formula is C21H20N2O4. The number of benzene rings is 2. The highest BCUT2D eigenvalue weighted by Gasteiger charge is 2.13. The number of amides is 1. The molecule has 0 aliphatic rings. The maximum Gasteiger partial charge on any atom is 0.295 e. The summed E-state index contributed by atoms with van der Waals surface area (Å²) >= 11 is 0. The Morgan fingerprint density at radius 2 is 1.89 bits per heavy atom. The zero-order valence-corrected chi connectivity index (χ0v) is 15.1. The van der Waals surface area contributed by atoms with E-state index in [0.29, 0.717) is 11.4 Å². The van der Waals surface area contributed by atoms with Gasteiger partial charge in [0.1, 0.15) is 17.9 Å². The van der Waals surface area contributed by atoms with Crippen LogP contribution in [0.5, 0.6) is 5.75 Å². The van der Waals surface area contributed by atoms with Gasteiger partial charge in [0.15, 0.2) is 0 Å². The van der Waals surface area contributed by atoms with Gasteiger partial charge in [0.05, 0.1) is 7.11 Å². The van der Waals surface area contributed by atoms with Crippen molar-refractivity contribution >= 4 is 11.6 Å². The van der Waals surface area contributed by atoms with Crippen LogP contribution in [0.3, 0.4) is 0 Å². The minimum Gasteiger partial charge on any atom is -0.497 e. The average Bonchev–Trinajstić information content (AvgIpc) is 2.67. The van der Waals surface area contributed by atoms with Crippen LogP contribution in [0, 0.1) is 6.92 Å². The number of carbonyl (C=O) groups excluding carboxylic acids is 1. The topological polar surface area (TPSA) is 69.6 Å². The summed E-state index contributed by atoms with van der Waals surface area (Å²) in [7, 11) is 1.58. The molecule has 0 unspecified atom stereocenters. The zero-order valence-electron chi connectivity index (χ0n) is 15.1. The fraction of sp³-hybridized carbons (Fsp3) is 0.143. The fourth-order valence-electron chi connectivity index (χ4n) is 2.58. The normalized spacial score (nSPS) is 10.3. The largest absolute Gasteiger partial charge is 0.497 e. The van der Waals surface area contributed by atoms with Gasteiger partial charge in [-0.25, -0.2) is 0 Å². The third-order valence-electron chi connectivity index (χ3n) is 3.94. The zero-order chi connectivity index (χ0) is 19.2. The van der Waals surface area contributed by atoms with Crippen molar-refractivity contribution < 1.29 is 14.4 Å². The lowest BCUT2D eigenvalue weighted by atomic mass is 10.2. The van der Waals surface area contributed by atoms with Crippen molar-refractivity contribution in [3.8, 4) is 5.75 Å². The van der Waals surface area contributed by atoms with E-state index >= 15 is 0 Å². The van der Waals surface area contributed by atoms with E-state index in [1.807, 2.05) is 49.4 Å². The summed E-state index contributed by atoms with van der Waals surface area (Å²) < 4.78 is 6.23. The molecule has 138 valence electrons. The minimum absolute atomic E-state index is 0.00430. The van der Waals surface area contributed by atoms with E-state index in [0.717, 1.165) is 15.9 Å². The standard InChI is InChI=1S/C21H20N2O4/c1-15-6-3-8-17(12-15)22-20(24)19-10-5-11-23(21(19)25)27-14-16-7-4-9-18(13-16)26-2/h3-13H,14H2,1-2H3,(H,22,24). The third kappa shape index (κ3) is 4.55. The summed E-state index contributed by atoms with van der Waals surface area (Å²) in [6, 6.07) is 17.8. The fourth-order valence-corrected chi connectivity index (χ4v) is 2.58. The Hall–Kier alpha value is -3.54. The SMILES string of the molecule is COc1cccc(COn2cccc(C(=O)Nc3cccc(C)c3)c2=O)c1. The van der Waals surface area contributed by atoms with Crippen molar-refractivity contribution in [1.29, 1.82) is 0 Å². The molecule has 0 bridgehead atoms. The maximum atomic E-state index is 12.6. The van der Waals surface area contributed by atoms with Crippen LogP contribution in [-0.4, -0.2) is 17.7 Å². The molecule has 0 fully saturated rings. The van der Waals surface area contributed by atoms with Crippen molar-refractivity contribution in [1.82, 2.24) is 4.73 Å². The van der Waals surface area contributed by atoms with Gasteiger partial charge >= 0.3 is 0 Å². The summed E-state index contributed by atoms with van der Waals surface area (Å²) in [6.45, 7) is 2.09. The molecule has 0 radical (unpaired) electrons. The van der Waals surface area contributed by atoms with E-state index in [9.17, 15) is 9.59 Å². The highest BCUT2D eigenvalue weighted by Crippen LogP contribution is 2.13. The Bertz CT molecular complexity index is 1010. The van der Waals surface area contributed by atoms with E-state index < -0.39 is 11.5 Å². The monoisotopic (exact) mass is 364 g/mol. The van der Waals surface area contributed by atoms with E-state index in [2.05, 4.69) is 5.32 Å². The molecule has 6 nitrogen and oxygen atoms in total. The van der Waals surface area contributed by atoms with Crippen LogP contribution in [0.25, 0.3) is 0 Å². The highest BCUT2D eigenvalue weighted by molar-refractivity contribution is 6.03.